The third-order valence-corrected chi connectivity index (χ3v) is 6.52. The summed E-state index contributed by atoms with van der Waals surface area (Å²) in [5.74, 6) is -0.949. The number of halogens is 1. The lowest BCUT2D eigenvalue weighted by Gasteiger charge is -2.27. The summed E-state index contributed by atoms with van der Waals surface area (Å²) in [4.78, 5) is 13.1. The van der Waals surface area contributed by atoms with Crippen LogP contribution in [0.4, 0.5) is 4.39 Å². The number of β-amino-alcohol motifs (C(OH)–C–C–N with tert-alkyl or cyclic N) is 1. The summed E-state index contributed by atoms with van der Waals surface area (Å²) >= 11 is 0. The van der Waals surface area contributed by atoms with Gasteiger partial charge in [0.05, 0.1) is 18.8 Å². The summed E-state index contributed by atoms with van der Waals surface area (Å²) in [6.45, 7) is 5.43. The molecule has 0 spiro atoms. The first-order valence-corrected chi connectivity index (χ1v) is 11.9. The molecule has 0 amide bonds. The van der Waals surface area contributed by atoms with E-state index in [-0.39, 0.29) is 24.9 Å². The first kappa shape index (κ1) is 25.3. The van der Waals surface area contributed by atoms with Crippen molar-refractivity contribution in [3.05, 3.63) is 70.5 Å². The molecule has 6 heteroatoms. The van der Waals surface area contributed by atoms with Crippen LogP contribution in [0.3, 0.4) is 0 Å². The van der Waals surface area contributed by atoms with Crippen molar-refractivity contribution in [1.82, 2.24) is 4.90 Å². The SMILES string of the molecule is Cc1ccc(CC2CCCN2C[C@@H](O)CO[C@H](C)c2ccccc2CCCC(=O)O)cc1F. The Morgan fingerprint density at radius 3 is 2.82 bits per heavy atom. The van der Waals surface area contributed by atoms with Gasteiger partial charge < -0.3 is 14.9 Å². The summed E-state index contributed by atoms with van der Waals surface area (Å²) in [5.41, 5.74) is 3.78. The molecule has 3 rings (SSSR count). The van der Waals surface area contributed by atoms with E-state index >= 15 is 0 Å². The molecular formula is C27H36FNO4. The zero-order valence-electron chi connectivity index (χ0n) is 19.7. The first-order chi connectivity index (χ1) is 15.8. The minimum absolute atomic E-state index is 0.147. The van der Waals surface area contributed by atoms with E-state index in [0.29, 0.717) is 31.0 Å². The molecule has 0 saturated carbocycles. The third kappa shape index (κ3) is 7.63. The minimum Gasteiger partial charge on any atom is -0.481 e. The molecule has 0 aromatic heterocycles. The van der Waals surface area contributed by atoms with E-state index in [1.165, 1.54) is 0 Å². The molecule has 33 heavy (non-hydrogen) atoms. The molecule has 1 fully saturated rings. The zero-order valence-corrected chi connectivity index (χ0v) is 19.7. The van der Waals surface area contributed by atoms with Crippen LogP contribution in [-0.4, -0.2) is 52.9 Å². The Morgan fingerprint density at radius 1 is 1.27 bits per heavy atom. The minimum atomic E-state index is -0.785. The van der Waals surface area contributed by atoms with Crippen LogP contribution in [0.15, 0.2) is 42.5 Å². The average molecular weight is 458 g/mol. The fourth-order valence-corrected chi connectivity index (χ4v) is 4.66. The molecule has 5 nitrogen and oxygen atoms in total. The lowest BCUT2D eigenvalue weighted by atomic mass is 9.98. The van der Waals surface area contributed by atoms with Gasteiger partial charge in [-0.3, -0.25) is 9.69 Å². The number of rotatable bonds is 12. The van der Waals surface area contributed by atoms with Gasteiger partial charge in [0, 0.05) is 19.0 Å². The topological polar surface area (TPSA) is 70.0 Å². The largest absolute Gasteiger partial charge is 0.481 e. The number of ether oxygens (including phenoxy) is 1. The van der Waals surface area contributed by atoms with E-state index in [1.54, 1.807) is 13.0 Å². The number of likely N-dealkylation sites (tertiary alicyclic amines) is 1. The van der Waals surface area contributed by atoms with Crippen LogP contribution in [0.2, 0.25) is 0 Å². The summed E-state index contributed by atoms with van der Waals surface area (Å²) in [6.07, 6.45) is 3.53. The number of nitrogens with zero attached hydrogens (tertiary/aromatic N) is 1. The maximum atomic E-state index is 13.9. The molecule has 1 saturated heterocycles. The van der Waals surface area contributed by atoms with E-state index in [9.17, 15) is 14.3 Å². The van der Waals surface area contributed by atoms with Crippen LogP contribution in [-0.2, 0) is 22.4 Å². The molecule has 0 aliphatic carbocycles. The summed E-state index contributed by atoms with van der Waals surface area (Å²) < 4.78 is 19.9. The molecule has 3 atom stereocenters. The van der Waals surface area contributed by atoms with Gasteiger partial charge in [0.1, 0.15) is 5.82 Å². The molecule has 2 N–H and O–H groups in total. The van der Waals surface area contributed by atoms with Gasteiger partial charge >= 0.3 is 5.97 Å². The van der Waals surface area contributed by atoms with E-state index in [1.807, 2.05) is 43.3 Å². The molecule has 2 aromatic carbocycles. The van der Waals surface area contributed by atoms with E-state index in [2.05, 4.69) is 4.90 Å². The molecule has 1 unspecified atom stereocenters. The quantitative estimate of drug-likeness (QED) is 0.484. The van der Waals surface area contributed by atoms with Crippen LogP contribution in [0.1, 0.15) is 61.0 Å². The standard InChI is InChI=1S/C27H36FNO4/c1-19-12-13-21(16-26(19)28)15-23-9-6-14-29(23)17-24(30)18-33-20(2)25-10-4-3-7-22(25)8-5-11-27(31)32/h3-4,7,10,12-13,16,20,23-24,30H,5-6,8-9,11,14-15,17-18H2,1-2H3,(H,31,32)/t20-,23?,24-/m1/s1. The van der Waals surface area contributed by atoms with Crippen molar-refractivity contribution in [2.45, 2.75) is 70.6 Å². The van der Waals surface area contributed by atoms with E-state index < -0.39 is 12.1 Å². The number of aliphatic hydroxyl groups excluding tert-OH is 1. The van der Waals surface area contributed by atoms with Crippen molar-refractivity contribution in [2.75, 3.05) is 19.7 Å². The normalized spacial score (nSPS) is 18.4. The maximum Gasteiger partial charge on any atom is 0.303 e. The molecule has 1 heterocycles. The van der Waals surface area contributed by atoms with Crippen LogP contribution in [0.5, 0.6) is 0 Å². The number of aryl methyl sites for hydroxylation is 2. The zero-order chi connectivity index (χ0) is 23.8. The molecule has 1 aliphatic rings. The fraction of sp³-hybridized carbons (Fsp3) is 0.519. The molecule has 1 aliphatic heterocycles. The van der Waals surface area contributed by atoms with Crippen molar-refractivity contribution in [3.63, 3.8) is 0 Å². The Labute approximate surface area is 196 Å². The molecule has 0 bridgehead atoms. The van der Waals surface area contributed by atoms with Gasteiger partial charge in [-0.25, -0.2) is 4.39 Å². The van der Waals surface area contributed by atoms with Gasteiger partial charge in [0.2, 0.25) is 0 Å². The summed E-state index contributed by atoms with van der Waals surface area (Å²) in [6, 6.07) is 13.7. The van der Waals surface area contributed by atoms with Gasteiger partial charge in [0.25, 0.3) is 0 Å². The number of hydrogen-bond donors (Lipinski definition) is 2. The Hall–Kier alpha value is -2.28. The van der Waals surface area contributed by atoms with Gasteiger partial charge in [-0.2, -0.15) is 0 Å². The van der Waals surface area contributed by atoms with Crippen molar-refractivity contribution >= 4 is 5.97 Å². The average Bonchev–Trinajstić information content (AvgIpc) is 3.21. The predicted molar refractivity (Wildman–Crippen MR) is 127 cm³/mol. The van der Waals surface area contributed by atoms with Gasteiger partial charge in [-0.1, -0.05) is 36.4 Å². The van der Waals surface area contributed by atoms with Crippen LogP contribution in [0.25, 0.3) is 0 Å². The Bertz CT molecular complexity index is 919. The maximum absolute atomic E-state index is 13.9. The Kier molecular flexibility index (Phi) is 9.41. The lowest BCUT2D eigenvalue weighted by Crippen LogP contribution is -2.39. The number of carboxylic acids is 1. The second kappa shape index (κ2) is 12.3. The van der Waals surface area contributed by atoms with Gasteiger partial charge in [-0.15, -0.1) is 0 Å². The first-order valence-electron chi connectivity index (χ1n) is 11.9. The lowest BCUT2D eigenvalue weighted by molar-refractivity contribution is -0.137. The highest BCUT2D eigenvalue weighted by Gasteiger charge is 2.27. The van der Waals surface area contributed by atoms with E-state index in [4.69, 9.17) is 9.84 Å². The molecule has 0 radical (unpaired) electrons. The van der Waals surface area contributed by atoms with Crippen LogP contribution < -0.4 is 0 Å². The van der Waals surface area contributed by atoms with Crippen molar-refractivity contribution in [2.24, 2.45) is 0 Å². The highest BCUT2D eigenvalue weighted by atomic mass is 19.1. The highest BCUT2D eigenvalue weighted by molar-refractivity contribution is 5.66. The predicted octanol–water partition coefficient (Wildman–Crippen LogP) is 4.69. The number of carbonyl (C=O) groups is 1. The number of aliphatic carboxylic acids is 1. The smallest absolute Gasteiger partial charge is 0.303 e. The van der Waals surface area contributed by atoms with Gasteiger partial charge in [-0.05, 0) is 80.8 Å². The summed E-state index contributed by atoms with van der Waals surface area (Å²) in [7, 11) is 0. The van der Waals surface area contributed by atoms with Crippen molar-refractivity contribution < 1.29 is 24.1 Å². The second-order valence-corrected chi connectivity index (χ2v) is 9.15. The van der Waals surface area contributed by atoms with Crippen LogP contribution >= 0.6 is 0 Å². The third-order valence-electron chi connectivity index (χ3n) is 6.52. The number of benzene rings is 2. The number of hydrogen-bond acceptors (Lipinski definition) is 4. The highest BCUT2D eigenvalue weighted by Crippen LogP contribution is 2.25. The fourth-order valence-electron chi connectivity index (χ4n) is 4.66. The number of carboxylic acid groups (broad SMARTS) is 1. The van der Waals surface area contributed by atoms with Gasteiger partial charge in [0.15, 0.2) is 0 Å². The number of aliphatic hydroxyl groups is 1. The molecular weight excluding hydrogens is 421 g/mol. The molecule has 180 valence electrons. The Morgan fingerprint density at radius 2 is 2.06 bits per heavy atom. The van der Waals surface area contributed by atoms with E-state index in [0.717, 1.165) is 42.5 Å². The Balaban J connectivity index is 1.49. The summed E-state index contributed by atoms with van der Waals surface area (Å²) in [5, 5.41) is 19.5. The van der Waals surface area contributed by atoms with Crippen LogP contribution in [0, 0.1) is 12.7 Å². The van der Waals surface area contributed by atoms with Crippen molar-refractivity contribution in [3.8, 4) is 0 Å². The van der Waals surface area contributed by atoms with Crippen molar-refractivity contribution in [1.29, 1.82) is 0 Å². The molecule has 2 aromatic rings. The second-order valence-electron chi connectivity index (χ2n) is 9.15. The monoisotopic (exact) mass is 457 g/mol.